The number of para-hydroxylation sites is 1. The van der Waals surface area contributed by atoms with Crippen LogP contribution in [0.1, 0.15) is 13.8 Å². The Morgan fingerprint density at radius 2 is 1.82 bits per heavy atom. The minimum Gasteiger partial charge on any atom is -0.410 e. The molecule has 22 heavy (non-hydrogen) atoms. The van der Waals surface area contributed by atoms with Crippen LogP contribution >= 0.6 is 0 Å². The van der Waals surface area contributed by atoms with Crippen molar-refractivity contribution in [2.75, 3.05) is 26.3 Å². The second-order valence-electron chi connectivity index (χ2n) is 5.51. The van der Waals surface area contributed by atoms with E-state index in [2.05, 4.69) is 5.32 Å². The molecule has 2 rings (SSSR count). The molecule has 120 valence electrons. The number of carbonyl (C=O) groups excluding carboxylic acids is 2. The molecule has 6 heteroatoms. The first kappa shape index (κ1) is 16.3. The van der Waals surface area contributed by atoms with Gasteiger partial charge in [0, 0.05) is 13.1 Å². The predicted molar refractivity (Wildman–Crippen MR) is 81.6 cm³/mol. The van der Waals surface area contributed by atoms with E-state index in [1.807, 2.05) is 19.9 Å². The number of nitrogens with one attached hydrogen (secondary N) is 1. The third-order valence-corrected chi connectivity index (χ3v) is 3.48. The Kier molecular flexibility index (Phi) is 5.77. The summed E-state index contributed by atoms with van der Waals surface area (Å²) in [6.07, 6.45) is -0.619. The molecule has 2 amide bonds. The third-order valence-electron chi connectivity index (χ3n) is 3.48. The van der Waals surface area contributed by atoms with Crippen molar-refractivity contribution < 1.29 is 19.1 Å². The molecule has 1 aromatic rings. The van der Waals surface area contributed by atoms with Gasteiger partial charge in [-0.25, -0.2) is 4.79 Å². The monoisotopic (exact) mass is 306 g/mol. The van der Waals surface area contributed by atoms with Crippen LogP contribution in [0.5, 0.6) is 5.75 Å². The van der Waals surface area contributed by atoms with Crippen LogP contribution in [0.25, 0.3) is 0 Å². The molecule has 0 aliphatic carbocycles. The molecule has 1 aliphatic rings. The molecule has 1 aromatic carbocycles. The summed E-state index contributed by atoms with van der Waals surface area (Å²) in [5.41, 5.74) is 0. The zero-order valence-corrected chi connectivity index (χ0v) is 13.0. The normalized spacial score (nSPS) is 16.2. The number of nitrogens with zero attached hydrogens (tertiary/aromatic N) is 1. The van der Waals surface area contributed by atoms with E-state index in [1.54, 1.807) is 29.2 Å². The summed E-state index contributed by atoms with van der Waals surface area (Å²) in [6, 6.07) is 8.17. The average molecular weight is 306 g/mol. The van der Waals surface area contributed by atoms with Gasteiger partial charge in [0.2, 0.25) is 5.91 Å². The second-order valence-corrected chi connectivity index (χ2v) is 5.51. The minimum absolute atomic E-state index is 0.0290. The fourth-order valence-electron chi connectivity index (χ4n) is 2.25. The molecular formula is C16H22N2O4. The molecule has 1 fully saturated rings. The van der Waals surface area contributed by atoms with E-state index in [-0.39, 0.29) is 11.8 Å². The summed E-state index contributed by atoms with van der Waals surface area (Å²) < 4.78 is 10.4. The van der Waals surface area contributed by atoms with Crippen LogP contribution < -0.4 is 10.1 Å². The van der Waals surface area contributed by atoms with E-state index in [9.17, 15) is 9.59 Å². The van der Waals surface area contributed by atoms with Crippen LogP contribution in [0.2, 0.25) is 0 Å². The summed E-state index contributed by atoms with van der Waals surface area (Å²) >= 11 is 0. The average Bonchev–Trinajstić information content (AvgIpc) is 2.53. The molecule has 1 N–H and O–H groups in total. The maximum Gasteiger partial charge on any atom is 0.413 e. The lowest BCUT2D eigenvalue weighted by atomic mass is 10.0. The number of amides is 2. The summed E-state index contributed by atoms with van der Waals surface area (Å²) in [7, 11) is 0. The topological polar surface area (TPSA) is 67.9 Å². The fraction of sp³-hybridized carbons (Fsp3) is 0.500. The van der Waals surface area contributed by atoms with Gasteiger partial charge in [0.05, 0.1) is 13.2 Å². The van der Waals surface area contributed by atoms with Crippen molar-refractivity contribution in [1.82, 2.24) is 10.2 Å². The van der Waals surface area contributed by atoms with Crippen molar-refractivity contribution >= 4 is 12.0 Å². The maximum absolute atomic E-state index is 12.5. The number of benzene rings is 1. The molecule has 0 aromatic heterocycles. The number of rotatable bonds is 4. The highest BCUT2D eigenvalue weighted by Gasteiger charge is 2.30. The molecule has 1 heterocycles. The Morgan fingerprint density at radius 3 is 2.41 bits per heavy atom. The van der Waals surface area contributed by atoms with Crippen LogP contribution in [0, 0.1) is 5.92 Å². The van der Waals surface area contributed by atoms with Crippen molar-refractivity contribution in [2.45, 2.75) is 19.9 Å². The van der Waals surface area contributed by atoms with Crippen molar-refractivity contribution in [2.24, 2.45) is 5.92 Å². The van der Waals surface area contributed by atoms with Crippen LogP contribution in [0.4, 0.5) is 4.79 Å². The van der Waals surface area contributed by atoms with Gasteiger partial charge in [0.15, 0.2) is 0 Å². The molecule has 0 radical (unpaired) electrons. The van der Waals surface area contributed by atoms with Crippen molar-refractivity contribution in [3.63, 3.8) is 0 Å². The van der Waals surface area contributed by atoms with Crippen LogP contribution in [0.15, 0.2) is 30.3 Å². The van der Waals surface area contributed by atoms with E-state index in [4.69, 9.17) is 9.47 Å². The van der Waals surface area contributed by atoms with E-state index in [1.165, 1.54) is 0 Å². The van der Waals surface area contributed by atoms with Gasteiger partial charge in [0.25, 0.3) is 0 Å². The third kappa shape index (κ3) is 4.46. The zero-order chi connectivity index (χ0) is 15.9. The van der Waals surface area contributed by atoms with Crippen molar-refractivity contribution in [3.8, 4) is 5.75 Å². The van der Waals surface area contributed by atoms with Gasteiger partial charge in [0.1, 0.15) is 11.8 Å². The van der Waals surface area contributed by atoms with Gasteiger partial charge in [-0.3, -0.25) is 4.79 Å². The molecule has 1 saturated heterocycles. The van der Waals surface area contributed by atoms with Crippen LogP contribution in [0.3, 0.4) is 0 Å². The van der Waals surface area contributed by atoms with Crippen LogP contribution in [-0.4, -0.2) is 49.2 Å². The molecule has 0 spiro atoms. The van der Waals surface area contributed by atoms with E-state index >= 15 is 0 Å². The SMILES string of the molecule is CC(C)[C@H](NC(=O)Oc1ccccc1)C(=O)N1CCOCC1. The Bertz CT molecular complexity index is 498. The van der Waals surface area contributed by atoms with Gasteiger partial charge in [-0.15, -0.1) is 0 Å². The lowest BCUT2D eigenvalue weighted by Gasteiger charge is -2.32. The standard InChI is InChI=1S/C16H22N2O4/c1-12(2)14(15(19)18-8-10-21-11-9-18)17-16(20)22-13-6-4-3-5-7-13/h3-7,12,14H,8-11H2,1-2H3,(H,17,20)/t14-/m0/s1. The number of ether oxygens (including phenoxy) is 2. The van der Waals surface area contributed by atoms with E-state index < -0.39 is 12.1 Å². The van der Waals surface area contributed by atoms with E-state index in [0.717, 1.165) is 0 Å². The van der Waals surface area contributed by atoms with Gasteiger partial charge in [-0.05, 0) is 18.1 Å². The van der Waals surface area contributed by atoms with Crippen molar-refractivity contribution in [1.29, 1.82) is 0 Å². The van der Waals surface area contributed by atoms with Gasteiger partial charge in [-0.2, -0.15) is 0 Å². The number of hydrogen-bond acceptors (Lipinski definition) is 4. The molecule has 0 saturated carbocycles. The Balaban J connectivity index is 1.95. The number of hydrogen-bond donors (Lipinski definition) is 1. The molecule has 0 unspecified atom stereocenters. The lowest BCUT2D eigenvalue weighted by molar-refractivity contribution is -0.138. The summed E-state index contributed by atoms with van der Waals surface area (Å²) in [4.78, 5) is 26.2. The first-order valence-corrected chi connectivity index (χ1v) is 7.48. The van der Waals surface area contributed by atoms with Gasteiger partial charge in [-0.1, -0.05) is 32.0 Å². The number of morpholine rings is 1. The fourth-order valence-corrected chi connectivity index (χ4v) is 2.25. The molecule has 6 nitrogen and oxygen atoms in total. The second kappa shape index (κ2) is 7.79. The summed E-state index contributed by atoms with van der Waals surface area (Å²) in [5, 5.41) is 2.67. The highest BCUT2D eigenvalue weighted by atomic mass is 16.6. The molecule has 1 aliphatic heterocycles. The summed E-state index contributed by atoms with van der Waals surface area (Å²) in [6.45, 7) is 5.96. The van der Waals surface area contributed by atoms with Gasteiger partial charge >= 0.3 is 6.09 Å². The number of carbonyl (C=O) groups is 2. The summed E-state index contributed by atoms with van der Waals surface area (Å²) in [5.74, 6) is 0.323. The largest absolute Gasteiger partial charge is 0.413 e. The smallest absolute Gasteiger partial charge is 0.410 e. The molecule has 1 atom stereocenters. The predicted octanol–water partition coefficient (Wildman–Crippen LogP) is 1.66. The highest BCUT2D eigenvalue weighted by Crippen LogP contribution is 2.11. The first-order chi connectivity index (χ1) is 10.6. The first-order valence-electron chi connectivity index (χ1n) is 7.48. The Morgan fingerprint density at radius 1 is 1.18 bits per heavy atom. The minimum atomic E-state index is -0.619. The lowest BCUT2D eigenvalue weighted by Crippen LogP contribution is -2.54. The van der Waals surface area contributed by atoms with E-state index in [0.29, 0.717) is 32.1 Å². The van der Waals surface area contributed by atoms with Gasteiger partial charge < -0.3 is 19.7 Å². The maximum atomic E-state index is 12.5. The molecular weight excluding hydrogens is 284 g/mol. The quantitative estimate of drug-likeness (QED) is 0.918. The Hall–Kier alpha value is -2.08. The van der Waals surface area contributed by atoms with Crippen molar-refractivity contribution in [3.05, 3.63) is 30.3 Å². The van der Waals surface area contributed by atoms with Crippen LogP contribution in [-0.2, 0) is 9.53 Å². The molecule has 0 bridgehead atoms. The zero-order valence-electron chi connectivity index (χ0n) is 13.0. The highest BCUT2D eigenvalue weighted by molar-refractivity contribution is 5.86. The Labute approximate surface area is 130 Å².